The number of halogens is 1. The fourth-order valence-corrected chi connectivity index (χ4v) is 4.34. The summed E-state index contributed by atoms with van der Waals surface area (Å²) in [7, 11) is 0. The molecule has 2 amide bonds. The first kappa shape index (κ1) is 29.2. The largest absolute Gasteiger partial charge is 0.483 e. The summed E-state index contributed by atoms with van der Waals surface area (Å²) in [5.74, 6) is 0.230. The molecule has 0 saturated carbocycles. The molecule has 2 atom stereocenters. The number of carbonyl (C=O) groups is 2. The number of nitrogens with zero attached hydrogens (tertiary/aromatic N) is 1. The topological polar surface area (TPSA) is 58.6 Å². The second-order valence-electron chi connectivity index (χ2n) is 10.7. The molecule has 38 heavy (non-hydrogen) atoms. The molecule has 5 nitrogen and oxygen atoms in total. The molecule has 0 spiro atoms. The Bertz CT molecular complexity index is 1190. The minimum absolute atomic E-state index is 0.0110. The van der Waals surface area contributed by atoms with Crippen molar-refractivity contribution >= 4 is 23.4 Å². The second-order valence-corrected chi connectivity index (χ2v) is 11.1. The Balaban J connectivity index is 1.94. The molecule has 0 heterocycles. The van der Waals surface area contributed by atoms with Crippen LogP contribution in [0.3, 0.4) is 0 Å². The van der Waals surface area contributed by atoms with E-state index < -0.39 is 6.04 Å². The maximum atomic E-state index is 13.8. The first-order chi connectivity index (χ1) is 18.1. The summed E-state index contributed by atoms with van der Waals surface area (Å²) in [4.78, 5) is 29.1. The lowest BCUT2D eigenvalue weighted by molar-refractivity contribution is -0.143. The molecule has 0 aliphatic rings. The monoisotopic (exact) mass is 534 g/mol. The van der Waals surface area contributed by atoms with Crippen LogP contribution in [0.2, 0.25) is 5.02 Å². The Morgan fingerprint density at radius 2 is 1.55 bits per heavy atom. The van der Waals surface area contributed by atoms with E-state index in [-0.39, 0.29) is 36.4 Å². The van der Waals surface area contributed by atoms with Gasteiger partial charge in [-0.1, -0.05) is 100.0 Å². The molecule has 0 aliphatic heterocycles. The van der Waals surface area contributed by atoms with Gasteiger partial charge in [-0.25, -0.2) is 0 Å². The fraction of sp³-hybridized carbons (Fsp3) is 0.375. The summed E-state index contributed by atoms with van der Waals surface area (Å²) in [5, 5.41) is 3.70. The van der Waals surface area contributed by atoms with Crippen molar-refractivity contribution in [2.24, 2.45) is 0 Å². The van der Waals surface area contributed by atoms with Gasteiger partial charge in [0, 0.05) is 24.0 Å². The van der Waals surface area contributed by atoms with Crippen molar-refractivity contribution < 1.29 is 14.3 Å². The predicted molar refractivity (Wildman–Crippen MR) is 154 cm³/mol. The molecule has 0 bridgehead atoms. The maximum Gasteiger partial charge on any atom is 0.261 e. The lowest BCUT2D eigenvalue weighted by Gasteiger charge is -2.32. The van der Waals surface area contributed by atoms with E-state index in [1.165, 1.54) is 0 Å². The van der Waals surface area contributed by atoms with Crippen LogP contribution in [0, 0.1) is 0 Å². The Labute approximate surface area is 232 Å². The number of benzene rings is 3. The summed E-state index contributed by atoms with van der Waals surface area (Å²) in [6.45, 7) is 10.4. The normalized spacial score (nSPS) is 12.9. The van der Waals surface area contributed by atoms with Crippen LogP contribution in [0.25, 0.3) is 0 Å². The highest BCUT2D eigenvalue weighted by molar-refractivity contribution is 6.30. The lowest BCUT2D eigenvalue weighted by atomic mass is 9.86. The molecule has 0 aliphatic carbocycles. The van der Waals surface area contributed by atoms with Crippen molar-refractivity contribution in [2.75, 3.05) is 6.61 Å². The Morgan fingerprint density at radius 1 is 0.921 bits per heavy atom. The number of hydrogen-bond acceptors (Lipinski definition) is 3. The molecular formula is C32H39ClN2O3. The Morgan fingerprint density at radius 3 is 2.18 bits per heavy atom. The fourth-order valence-electron chi connectivity index (χ4n) is 4.22. The van der Waals surface area contributed by atoms with E-state index in [1.54, 1.807) is 17.0 Å². The zero-order valence-electron chi connectivity index (χ0n) is 23.0. The Kier molecular flexibility index (Phi) is 10.4. The standard InChI is InChI=1S/C32H39ClN2O3/c1-6-23(2)34-31(37)28(20-24-12-8-7-9-13-24)35(21-25-16-18-26(33)19-17-25)30(36)22-38-29-15-11-10-14-27(29)32(3,4)5/h7-19,23,28H,6,20-22H2,1-5H3,(H,34,37). The highest BCUT2D eigenvalue weighted by atomic mass is 35.5. The number of hydrogen-bond donors (Lipinski definition) is 1. The van der Waals surface area contributed by atoms with Gasteiger partial charge >= 0.3 is 0 Å². The first-order valence-electron chi connectivity index (χ1n) is 13.2. The number of ether oxygens (including phenoxy) is 1. The second kappa shape index (κ2) is 13.5. The van der Waals surface area contributed by atoms with Crippen molar-refractivity contribution in [3.05, 3.63) is 101 Å². The molecule has 0 aromatic heterocycles. The van der Waals surface area contributed by atoms with E-state index in [9.17, 15) is 9.59 Å². The van der Waals surface area contributed by atoms with Gasteiger partial charge in [0.1, 0.15) is 11.8 Å². The predicted octanol–water partition coefficient (Wildman–Crippen LogP) is 6.57. The van der Waals surface area contributed by atoms with Gasteiger partial charge in [0.2, 0.25) is 5.91 Å². The van der Waals surface area contributed by atoms with E-state index in [1.807, 2.05) is 80.6 Å². The van der Waals surface area contributed by atoms with Crippen LogP contribution in [-0.2, 0) is 28.0 Å². The van der Waals surface area contributed by atoms with Crippen LogP contribution < -0.4 is 10.1 Å². The summed E-state index contributed by atoms with van der Waals surface area (Å²) < 4.78 is 6.10. The van der Waals surface area contributed by atoms with Crippen LogP contribution in [0.5, 0.6) is 5.75 Å². The molecule has 2 unspecified atom stereocenters. The molecule has 3 rings (SSSR count). The lowest BCUT2D eigenvalue weighted by Crippen LogP contribution is -2.53. The molecular weight excluding hydrogens is 496 g/mol. The number of para-hydroxylation sites is 1. The van der Waals surface area contributed by atoms with Gasteiger partial charge in [-0.3, -0.25) is 9.59 Å². The maximum absolute atomic E-state index is 13.8. The van der Waals surface area contributed by atoms with Gasteiger partial charge in [0.05, 0.1) is 0 Å². The zero-order chi connectivity index (χ0) is 27.7. The molecule has 0 radical (unpaired) electrons. The minimum Gasteiger partial charge on any atom is -0.483 e. The molecule has 3 aromatic rings. The average molecular weight is 535 g/mol. The summed E-state index contributed by atoms with van der Waals surface area (Å²) >= 11 is 6.11. The zero-order valence-corrected chi connectivity index (χ0v) is 23.8. The van der Waals surface area contributed by atoms with Crippen LogP contribution in [-0.4, -0.2) is 35.4 Å². The molecule has 0 fully saturated rings. The van der Waals surface area contributed by atoms with Gasteiger partial charge in [-0.2, -0.15) is 0 Å². The van der Waals surface area contributed by atoms with E-state index >= 15 is 0 Å². The van der Waals surface area contributed by atoms with Crippen LogP contribution >= 0.6 is 11.6 Å². The number of amides is 2. The van der Waals surface area contributed by atoms with Gasteiger partial charge in [-0.05, 0) is 53.6 Å². The van der Waals surface area contributed by atoms with E-state index in [0.717, 1.165) is 23.1 Å². The SMILES string of the molecule is CCC(C)NC(=O)C(Cc1ccccc1)N(Cc1ccc(Cl)cc1)C(=O)COc1ccccc1C(C)(C)C. The van der Waals surface area contributed by atoms with Gasteiger partial charge in [0.15, 0.2) is 6.61 Å². The highest BCUT2D eigenvalue weighted by Crippen LogP contribution is 2.31. The van der Waals surface area contributed by atoms with E-state index in [4.69, 9.17) is 16.3 Å². The van der Waals surface area contributed by atoms with E-state index in [2.05, 4.69) is 26.1 Å². The van der Waals surface area contributed by atoms with Gasteiger partial charge in [-0.15, -0.1) is 0 Å². The summed E-state index contributed by atoms with van der Waals surface area (Å²) in [5.41, 5.74) is 2.73. The molecule has 0 saturated heterocycles. The third-order valence-corrected chi connectivity index (χ3v) is 6.84. The minimum atomic E-state index is -0.712. The average Bonchev–Trinajstić information content (AvgIpc) is 2.90. The molecule has 3 aromatic carbocycles. The third kappa shape index (κ3) is 8.35. The van der Waals surface area contributed by atoms with Crippen molar-refractivity contribution in [1.82, 2.24) is 10.2 Å². The molecule has 1 N–H and O–H groups in total. The highest BCUT2D eigenvalue weighted by Gasteiger charge is 2.31. The smallest absolute Gasteiger partial charge is 0.261 e. The third-order valence-electron chi connectivity index (χ3n) is 6.58. The van der Waals surface area contributed by atoms with Crippen molar-refractivity contribution in [1.29, 1.82) is 0 Å². The van der Waals surface area contributed by atoms with Crippen LogP contribution in [0.15, 0.2) is 78.9 Å². The van der Waals surface area contributed by atoms with E-state index in [0.29, 0.717) is 17.2 Å². The van der Waals surface area contributed by atoms with Crippen LogP contribution in [0.4, 0.5) is 0 Å². The number of rotatable bonds is 11. The van der Waals surface area contributed by atoms with Gasteiger partial charge < -0.3 is 15.0 Å². The van der Waals surface area contributed by atoms with Crippen molar-refractivity contribution in [2.45, 2.75) is 71.5 Å². The van der Waals surface area contributed by atoms with Crippen molar-refractivity contribution in [3.8, 4) is 5.75 Å². The number of carbonyl (C=O) groups excluding carboxylic acids is 2. The Hall–Kier alpha value is -3.31. The molecule has 202 valence electrons. The summed E-state index contributed by atoms with van der Waals surface area (Å²) in [6.07, 6.45) is 1.18. The van der Waals surface area contributed by atoms with Gasteiger partial charge in [0.25, 0.3) is 5.91 Å². The molecule has 6 heteroatoms. The van der Waals surface area contributed by atoms with Crippen molar-refractivity contribution in [3.63, 3.8) is 0 Å². The quantitative estimate of drug-likeness (QED) is 0.302. The van der Waals surface area contributed by atoms with Crippen LogP contribution in [0.1, 0.15) is 57.7 Å². The summed E-state index contributed by atoms with van der Waals surface area (Å²) in [6, 6.07) is 24.2. The first-order valence-corrected chi connectivity index (χ1v) is 13.6. The number of nitrogens with one attached hydrogen (secondary N) is 1.